The van der Waals surface area contributed by atoms with Crippen LogP contribution in [0.15, 0.2) is 29.2 Å². The van der Waals surface area contributed by atoms with Gasteiger partial charge in [-0.3, -0.25) is 0 Å². The highest BCUT2D eigenvalue weighted by Crippen LogP contribution is 2.27. The third kappa shape index (κ3) is 2.47. The summed E-state index contributed by atoms with van der Waals surface area (Å²) >= 11 is 0. The van der Waals surface area contributed by atoms with E-state index in [-0.39, 0.29) is 18.1 Å². The molecule has 2 heterocycles. The van der Waals surface area contributed by atoms with E-state index in [1.807, 2.05) is 6.92 Å². The van der Waals surface area contributed by atoms with E-state index in [9.17, 15) is 13.5 Å². The van der Waals surface area contributed by atoms with E-state index in [1.54, 1.807) is 24.3 Å². The Morgan fingerprint density at radius 2 is 1.80 bits per heavy atom. The largest absolute Gasteiger partial charge is 0.388 e. The van der Waals surface area contributed by atoms with E-state index in [4.69, 9.17) is 9.47 Å². The van der Waals surface area contributed by atoms with Gasteiger partial charge >= 0.3 is 0 Å². The van der Waals surface area contributed by atoms with Crippen LogP contribution in [0.2, 0.25) is 0 Å². The molecule has 0 unspecified atom stereocenters. The number of fused-ring (bicyclic) bond motifs is 1. The molecule has 0 aliphatic carbocycles. The molecule has 2 N–H and O–H groups in total. The number of rotatable bonds is 3. The van der Waals surface area contributed by atoms with Crippen LogP contribution in [0, 0.1) is 6.92 Å². The predicted molar refractivity (Wildman–Crippen MR) is 70.8 cm³/mol. The van der Waals surface area contributed by atoms with Gasteiger partial charge in [0.25, 0.3) is 0 Å². The van der Waals surface area contributed by atoms with Gasteiger partial charge in [-0.2, -0.15) is 0 Å². The van der Waals surface area contributed by atoms with Crippen LogP contribution in [0.5, 0.6) is 0 Å². The van der Waals surface area contributed by atoms with Crippen LogP contribution in [0.25, 0.3) is 0 Å². The smallest absolute Gasteiger partial charge is 0.240 e. The van der Waals surface area contributed by atoms with E-state index in [0.29, 0.717) is 0 Å². The summed E-state index contributed by atoms with van der Waals surface area (Å²) in [5.41, 5.74) is 0.996. The van der Waals surface area contributed by atoms with Crippen molar-refractivity contribution in [2.24, 2.45) is 0 Å². The third-order valence-electron chi connectivity index (χ3n) is 3.67. The molecule has 0 saturated carbocycles. The summed E-state index contributed by atoms with van der Waals surface area (Å²) in [6, 6.07) is 6.16. The van der Waals surface area contributed by atoms with Crippen molar-refractivity contribution in [1.29, 1.82) is 0 Å². The van der Waals surface area contributed by atoms with Crippen LogP contribution in [-0.2, 0) is 19.5 Å². The maximum Gasteiger partial charge on any atom is 0.240 e. The molecular formula is C13H17NO5S. The number of benzene rings is 1. The molecule has 3 rings (SSSR count). The number of hydrogen-bond donors (Lipinski definition) is 2. The summed E-state index contributed by atoms with van der Waals surface area (Å²) in [7, 11) is -3.61. The zero-order chi connectivity index (χ0) is 14.3. The maximum atomic E-state index is 12.3. The Kier molecular flexibility index (Phi) is 3.55. The van der Waals surface area contributed by atoms with Gasteiger partial charge in [0.15, 0.2) is 0 Å². The minimum atomic E-state index is -3.61. The predicted octanol–water partition coefficient (Wildman–Crippen LogP) is -0.200. The molecule has 1 aromatic carbocycles. The van der Waals surface area contributed by atoms with Gasteiger partial charge in [-0.15, -0.1) is 0 Å². The molecule has 1 aromatic rings. The van der Waals surface area contributed by atoms with Crippen LogP contribution >= 0.6 is 0 Å². The van der Waals surface area contributed by atoms with Gasteiger partial charge in [0.1, 0.15) is 18.3 Å². The molecular weight excluding hydrogens is 282 g/mol. The second kappa shape index (κ2) is 5.09. The summed E-state index contributed by atoms with van der Waals surface area (Å²) in [6.07, 6.45) is -1.56. The fourth-order valence-corrected chi connectivity index (χ4v) is 3.80. The topological polar surface area (TPSA) is 84.9 Å². The van der Waals surface area contributed by atoms with Gasteiger partial charge < -0.3 is 14.6 Å². The molecule has 0 radical (unpaired) electrons. The number of hydrogen-bond acceptors (Lipinski definition) is 5. The van der Waals surface area contributed by atoms with Crippen LogP contribution in [0.1, 0.15) is 5.56 Å². The zero-order valence-corrected chi connectivity index (χ0v) is 11.8. The number of ether oxygens (including phenoxy) is 2. The first-order valence-electron chi connectivity index (χ1n) is 6.48. The molecule has 0 amide bonds. The van der Waals surface area contributed by atoms with Crippen molar-refractivity contribution in [3.05, 3.63) is 29.8 Å². The van der Waals surface area contributed by atoms with E-state index < -0.39 is 34.4 Å². The number of nitrogens with one attached hydrogen (secondary N) is 1. The quantitative estimate of drug-likeness (QED) is 0.807. The minimum absolute atomic E-state index is 0.179. The molecule has 0 aromatic heterocycles. The fourth-order valence-electron chi connectivity index (χ4n) is 2.56. The SMILES string of the molecule is Cc1ccc(S(=O)(=O)N[C@H]2CO[C@H]3[C@@H]2OC[C@H]3O)cc1. The van der Waals surface area contributed by atoms with Crippen molar-refractivity contribution in [3.8, 4) is 0 Å². The molecule has 7 heteroatoms. The zero-order valence-electron chi connectivity index (χ0n) is 11.0. The summed E-state index contributed by atoms with van der Waals surface area (Å²) in [6.45, 7) is 2.28. The van der Waals surface area contributed by atoms with Gasteiger partial charge in [-0.05, 0) is 19.1 Å². The van der Waals surface area contributed by atoms with Crippen LogP contribution in [-0.4, -0.2) is 51.1 Å². The van der Waals surface area contributed by atoms with Crippen molar-refractivity contribution in [3.63, 3.8) is 0 Å². The summed E-state index contributed by atoms with van der Waals surface area (Å²) in [4.78, 5) is 0.213. The second-order valence-electron chi connectivity index (χ2n) is 5.20. The van der Waals surface area contributed by atoms with E-state index in [2.05, 4.69) is 4.72 Å². The number of aliphatic hydroxyl groups excluding tert-OH is 1. The van der Waals surface area contributed by atoms with Crippen molar-refractivity contribution in [2.45, 2.75) is 36.2 Å². The summed E-state index contributed by atoms with van der Waals surface area (Å²) < 4.78 is 38.0. The molecule has 2 saturated heterocycles. The average Bonchev–Trinajstić information content (AvgIpc) is 2.95. The highest BCUT2D eigenvalue weighted by Gasteiger charge is 2.48. The Bertz CT molecular complexity index is 585. The normalized spacial score (nSPS) is 33.3. The Hall–Kier alpha value is -0.990. The molecule has 0 bridgehead atoms. The molecule has 2 fully saturated rings. The van der Waals surface area contributed by atoms with Gasteiger partial charge in [0, 0.05) is 0 Å². The van der Waals surface area contributed by atoms with Crippen LogP contribution in [0.3, 0.4) is 0 Å². The summed E-state index contributed by atoms with van der Waals surface area (Å²) in [5.74, 6) is 0. The van der Waals surface area contributed by atoms with Crippen LogP contribution < -0.4 is 4.72 Å². The third-order valence-corrected chi connectivity index (χ3v) is 5.17. The lowest BCUT2D eigenvalue weighted by Crippen LogP contribution is -2.44. The number of aryl methyl sites for hydroxylation is 1. The number of aliphatic hydroxyl groups is 1. The lowest BCUT2D eigenvalue weighted by Gasteiger charge is -2.17. The van der Waals surface area contributed by atoms with Gasteiger partial charge in [0.2, 0.25) is 10.0 Å². The van der Waals surface area contributed by atoms with Crippen molar-refractivity contribution < 1.29 is 23.0 Å². The van der Waals surface area contributed by atoms with Crippen molar-refractivity contribution in [1.82, 2.24) is 4.72 Å². The highest BCUT2D eigenvalue weighted by atomic mass is 32.2. The molecule has 20 heavy (non-hydrogen) atoms. The second-order valence-corrected chi connectivity index (χ2v) is 6.92. The Morgan fingerprint density at radius 3 is 2.50 bits per heavy atom. The van der Waals surface area contributed by atoms with E-state index >= 15 is 0 Å². The molecule has 6 nitrogen and oxygen atoms in total. The standard InChI is InChI=1S/C13H17NO5S/c1-8-2-4-9(5-3-8)20(16,17)14-10-6-18-13-11(15)7-19-12(10)13/h2-5,10-15H,6-7H2,1H3/t10-,11+,12+,13+/m0/s1. The molecule has 4 atom stereocenters. The molecule has 0 spiro atoms. The first-order valence-corrected chi connectivity index (χ1v) is 7.96. The van der Waals surface area contributed by atoms with E-state index in [1.165, 1.54) is 0 Å². The summed E-state index contributed by atoms with van der Waals surface area (Å²) in [5, 5.41) is 9.64. The lowest BCUT2D eigenvalue weighted by atomic mass is 10.1. The van der Waals surface area contributed by atoms with E-state index in [0.717, 1.165) is 5.56 Å². The lowest BCUT2D eigenvalue weighted by molar-refractivity contribution is 0.0181. The first-order chi connectivity index (χ1) is 9.47. The first kappa shape index (κ1) is 14.0. The van der Waals surface area contributed by atoms with Gasteiger partial charge in [-0.1, -0.05) is 17.7 Å². The van der Waals surface area contributed by atoms with Gasteiger partial charge in [0.05, 0.1) is 24.2 Å². The van der Waals surface area contributed by atoms with Crippen molar-refractivity contribution in [2.75, 3.05) is 13.2 Å². The van der Waals surface area contributed by atoms with Crippen molar-refractivity contribution >= 4 is 10.0 Å². The average molecular weight is 299 g/mol. The molecule has 110 valence electrons. The fraction of sp³-hybridized carbons (Fsp3) is 0.538. The molecule has 2 aliphatic heterocycles. The minimum Gasteiger partial charge on any atom is -0.388 e. The van der Waals surface area contributed by atoms with Crippen LogP contribution in [0.4, 0.5) is 0 Å². The Morgan fingerprint density at radius 1 is 1.15 bits per heavy atom. The number of sulfonamides is 1. The Labute approximate surface area is 117 Å². The highest BCUT2D eigenvalue weighted by molar-refractivity contribution is 7.89. The maximum absolute atomic E-state index is 12.3. The monoisotopic (exact) mass is 299 g/mol. The Balaban J connectivity index is 1.76. The van der Waals surface area contributed by atoms with Gasteiger partial charge in [-0.25, -0.2) is 13.1 Å². The molecule has 2 aliphatic rings.